The summed E-state index contributed by atoms with van der Waals surface area (Å²) in [4.78, 5) is 26.8. The number of carbonyl (C=O) groups is 2. The van der Waals surface area contributed by atoms with Crippen molar-refractivity contribution in [3.63, 3.8) is 0 Å². The van der Waals surface area contributed by atoms with Crippen LogP contribution in [0.2, 0.25) is 0 Å². The second-order valence-corrected chi connectivity index (χ2v) is 9.07. The summed E-state index contributed by atoms with van der Waals surface area (Å²) in [5.41, 5.74) is 7.44. The van der Waals surface area contributed by atoms with E-state index in [1.165, 1.54) is 5.56 Å². The lowest BCUT2D eigenvalue weighted by Gasteiger charge is -2.20. The van der Waals surface area contributed by atoms with Gasteiger partial charge in [0, 0.05) is 35.3 Å². The number of amides is 1. The van der Waals surface area contributed by atoms with Gasteiger partial charge in [-0.3, -0.25) is 14.3 Å². The van der Waals surface area contributed by atoms with Gasteiger partial charge in [-0.1, -0.05) is 78.4 Å². The highest BCUT2D eigenvalue weighted by molar-refractivity contribution is 6.02. The minimum Gasteiger partial charge on any atom is -0.324 e. The first-order chi connectivity index (χ1) is 16.8. The first-order valence-corrected chi connectivity index (χ1v) is 11.9. The molecule has 4 rings (SSSR count). The Morgan fingerprint density at radius 3 is 2.20 bits per heavy atom. The SMILES string of the molecule is Cc1ccc(NC(=O)[C@H](CC(=O)c2ccccc2)n2nc(C)c(Cc3ccccc3)c2C)c(C)c1. The monoisotopic (exact) mass is 465 g/mol. The molecule has 0 saturated heterocycles. The minimum atomic E-state index is -0.772. The van der Waals surface area contributed by atoms with E-state index in [9.17, 15) is 9.59 Å². The molecule has 1 atom stereocenters. The lowest BCUT2D eigenvalue weighted by molar-refractivity contribution is -0.119. The Morgan fingerprint density at radius 2 is 1.54 bits per heavy atom. The molecule has 1 heterocycles. The van der Waals surface area contributed by atoms with E-state index in [1.807, 2.05) is 82.3 Å². The molecular formula is C30H31N3O2. The van der Waals surface area contributed by atoms with Crippen molar-refractivity contribution >= 4 is 17.4 Å². The average molecular weight is 466 g/mol. The summed E-state index contributed by atoms with van der Waals surface area (Å²) in [6, 6.07) is 24.4. The number of rotatable bonds is 8. The van der Waals surface area contributed by atoms with E-state index >= 15 is 0 Å². The molecule has 0 unspecified atom stereocenters. The Balaban J connectivity index is 1.69. The minimum absolute atomic E-state index is 0.0213. The number of Topliss-reactive ketones (excluding diaryl/α,β-unsaturated/α-hetero) is 1. The third-order valence-electron chi connectivity index (χ3n) is 6.41. The highest BCUT2D eigenvalue weighted by Gasteiger charge is 2.28. The van der Waals surface area contributed by atoms with Crippen LogP contribution in [0.5, 0.6) is 0 Å². The van der Waals surface area contributed by atoms with Gasteiger partial charge in [-0.2, -0.15) is 5.10 Å². The summed E-state index contributed by atoms with van der Waals surface area (Å²) in [6.07, 6.45) is 0.740. The maximum atomic E-state index is 13.6. The van der Waals surface area contributed by atoms with Crippen LogP contribution in [0.1, 0.15) is 56.5 Å². The van der Waals surface area contributed by atoms with Crippen LogP contribution in [0.3, 0.4) is 0 Å². The molecule has 35 heavy (non-hydrogen) atoms. The summed E-state index contributed by atoms with van der Waals surface area (Å²) >= 11 is 0. The van der Waals surface area contributed by atoms with Gasteiger partial charge in [0.15, 0.2) is 5.78 Å². The molecule has 0 radical (unpaired) electrons. The number of hydrogen-bond donors (Lipinski definition) is 1. The smallest absolute Gasteiger partial charge is 0.249 e. The quantitative estimate of drug-likeness (QED) is 0.317. The molecule has 5 nitrogen and oxygen atoms in total. The highest BCUT2D eigenvalue weighted by Crippen LogP contribution is 2.26. The third-order valence-corrected chi connectivity index (χ3v) is 6.41. The van der Waals surface area contributed by atoms with E-state index in [-0.39, 0.29) is 18.1 Å². The summed E-state index contributed by atoms with van der Waals surface area (Å²) in [5.74, 6) is -0.346. The van der Waals surface area contributed by atoms with Crippen molar-refractivity contribution < 1.29 is 9.59 Å². The van der Waals surface area contributed by atoms with Crippen LogP contribution in [0.25, 0.3) is 0 Å². The summed E-state index contributed by atoms with van der Waals surface area (Å²) in [6.45, 7) is 7.92. The molecule has 1 amide bonds. The predicted octanol–water partition coefficient (Wildman–Crippen LogP) is 6.16. The highest BCUT2D eigenvalue weighted by atomic mass is 16.2. The number of aryl methyl sites for hydroxylation is 3. The van der Waals surface area contributed by atoms with Crippen molar-refractivity contribution in [1.82, 2.24) is 9.78 Å². The number of nitrogens with one attached hydrogen (secondary N) is 1. The number of nitrogens with zero attached hydrogens (tertiary/aromatic N) is 2. The van der Waals surface area contributed by atoms with E-state index in [0.717, 1.165) is 40.2 Å². The molecule has 1 aromatic heterocycles. The lowest BCUT2D eigenvalue weighted by atomic mass is 10.0. The van der Waals surface area contributed by atoms with Crippen LogP contribution < -0.4 is 5.32 Å². The van der Waals surface area contributed by atoms with Crippen molar-refractivity contribution in [1.29, 1.82) is 0 Å². The molecule has 5 heteroatoms. The molecule has 0 fully saturated rings. The zero-order chi connectivity index (χ0) is 24.9. The van der Waals surface area contributed by atoms with Crippen LogP contribution in [0, 0.1) is 27.7 Å². The maximum absolute atomic E-state index is 13.6. The van der Waals surface area contributed by atoms with Gasteiger partial charge in [-0.25, -0.2) is 0 Å². The van der Waals surface area contributed by atoms with E-state index in [4.69, 9.17) is 5.10 Å². The van der Waals surface area contributed by atoms with Gasteiger partial charge in [-0.05, 0) is 44.9 Å². The average Bonchev–Trinajstić information content (AvgIpc) is 3.13. The molecule has 0 aliphatic rings. The van der Waals surface area contributed by atoms with Gasteiger partial charge in [0.05, 0.1) is 5.69 Å². The van der Waals surface area contributed by atoms with Crippen molar-refractivity contribution in [3.8, 4) is 0 Å². The first-order valence-electron chi connectivity index (χ1n) is 11.9. The second-order valence-electron chi connectivity index (χ2n) is 9.07. The lowest BCUT2D eigenvalue weighted by Crippen LogP contribution is -2.30. The molecule has 0 aliphatic heterocycles. The molecule has 1 N–H and O–H groups in total. The van der Waals surface area contributed by atoms with Gasteiger partial charge in [0.25, 0.3) is 0 Å². The van der Waals surface area contributed by atoms with Crippen molar-refractivity contribution in [3.05, 3.63) is 118 Å². The summed E-state index contributed by atoms with van der Waals surface area (Å²) in [5, 5.41) is 7.80. The summed E-state index contributed by atoms with van der Waals surface area (Å²) in [7, 11) is 0. The first kappa shape index (κ1) is 24.1. The predicted molar refractivity (Wildman–Crippen MR) is 140 cm³/mol. The zero-order valence-corrected chi connectivity index (χ0v) is 20.7. The normalized spacial score (nSPS) is 11.8. The van der Waals surface area contributed by atoms with Crippen LogP contribution in [0.15, 0.2) is 78.9 Å². The van der Waals surface area contributed by atoms with Crippen molar-refractivity contribution in [2.75, 3.05) is 5.32 Å². The Morgan fingerprint density at radius 1 is 0.886 bits per heavy atom. The number of hydrogen-bond acceptors (Lipinski definition) is 3. The molecule has 0 spiro atoms. The topological polar surface area (TPSA) is 64.0 Å². The Hall–Kier alpha value is -3.99. The van der Waals surface area contributed by atoms with Crippen molar-refractivity contribution in [2.45, 2.75) is 46.6 Å². The number of ketones is 1. The van der Waals surface area contributed by atoms with Crippen molar-refractivity contribution in [2.24, 2.45) is 0 Å². The van der Waals surface area contributed by atoms with Gasteiger partial charge in [0.1, 0.15) is 6.04 Å². The molecule has 0 aliphatic carbocycles. The van der Waals surface area contributed by atoms with Crippen LogP contribution in [0.4, 0.5) is 5.69 Å². The van der Waals surface area contributed by atoms with Gasteiger partial charge in [-0.15, -0.1) is 0 Å². The fraction of sp³-hybridized carbons (Fsp3) is 0.233. The Kier molecular flexibility index (Phi) is 7.25. The number of anilines is 1. The number of aromatic nitrogens is 2. The van der Waals surface area contributed by atoms with E-state index in [0.29, 0.717) is 5.56 Å². The molecule has 4 aromatic rings. The molecular weight excluding hydrogens is 434 g/mol. The van der Waals surface area contributed by atoms with Gasteiger partial charge in [0.2, 0.25) is 5.91 Å². The molecule has 0 saturated carbocycles. The summed E-state index contributed by atoms with van der Waals surface area (Å²) < 4.78 is 1.73. The molecule has 3 aromatic carbocycles. The fourth-order valence-electron chi connectivity index (χ4n) is 4.43. The Labute approximate surface area is 206 Å². The van der Waals surface area contributed by atoms with Crippen LogP contribution in [-0.4, -0.2) is 21.5 Å². The third kappa shape index (κ3) is 5.57. The number of carbonyl (C=O) groups excluding carboxylic acids is 2. The van der Waals surface area contributed by atoms with E-state index < -0.39 is 6.04 Å². The van der Waals surface area contributed by atoms with Crippen LogP contribution in [-0.2, 0) is 11.2 Å². The van der Waals surface area contributed by atoms with E-state index in [2.05, 4.69) is 17.4 Å². The standard InChI is InChI=1S/C30H31N3O2/c1-20-15-16-27(21(2)17-20)31-30(35)28(19-29(34)25-13-9-6-10-14-25)33-23(4)26(22(3)32-33)18-24-11-7-5-8-12-24/h5-17,28H,18-19H2,1-4H3,(H,31,35)/t28-/m0/s1. The van der Waals surface area contributed by atoms with Gasteiger partial charge < -0.3 is 5.32 Å². The number of benzene rings is 3. The molecule has 178 valence electrons. The zero-order valence-electron chi connectivity index (χ0n) is 20.7. The largest absolute Gasteiger partial charge is 0.324 e. The fourth-order valence-corrected chi connectivity index (χ4v) is 4.43. The second kappa shape index (κ2) is 10.5. The van der Waals surface area contributed by atoms with Gasteiger partial charge >= 0.3 is 0 Å². The molecule has 0 bridgehead atoms. The maximum Gasteiger partial charge on any atom is 0.249 e. The Bertz CT molecular complexity index is 1340. The van der Waals surface area contributed by atoms with E-state index in [1.54, 1.807) is 16.8 Å². The van der Waals surface area contributed by atoms with Crippen LogP contribution >= 0.6 is 0 Å².